The summed E-state index contributed by atoms with van der Waals surface area (Å²) in [4.78, 5) is 12.2. The van der Waals surface area contributed by atoms with Crippen LogP contribution in [-0.2, 0) is 19.5 Å². The molecular weight excluding hydrogens is 270 g/mol. The van der Waals surface area contributed by atoms with Crippen LogP contribution in [0.4, 0.5) is 0 Å². The smallest absolute Gasteiger partial charge is 0.257 e. The van der Waals surface area contributed by atoms with Gasteiger partial charge in [-0.2, -0.15) is 0 Å². The average molecular weight is 289 g/mol. The second-order valence-electron chi connectivity index (χ2n) is 5.38. The van der Waals surface area contributed by atoms with Crippen LogP contribution in [0.1, 0.15) is 52.7 Å². The summed E-state index contributed by atoms with van der Waals surface area (Å²) in [5.41, 5.74) is 1.11. The van der Waals surface area contributed by atoms with Crippen LogP contribution in [0.5, 0.6) is 0 Å². The zero-order valence-corrected chi connectivity index (χ0v) is 12.3. The molecule has 1 amide bonds. The van der Waals surface area contributed by atoms with Gasteiger partial charge in [-0.25, -0.2) is 0 Å². The molecule has 112 valence electrons. The van der Waals surface area contributed by atoms with Gasteiger partial charge in [-0.05, 0) is 26.7 Å². The summed E-state index contributed by atoms with van der Waals surface area (Å²) in [6.45, 7) is 4.79. The molecule has 0 radical (unpaired) electrons. The first-order valence-electron chi connectivity index (χ1n) is 7.29. The van der Waals surface area contributed by atoms with E-state index in [9.17, 15) is 4.79 Å². The summed E-state index contributed by atoms with van der Waals surface area (Å²) in [6, 6.07) is 0. The van der Waals surface area contributed by atoms with Crippen molar-refractivity contribution in [1.29, 1.82) is 0 Å². The minimum Gasteiger partial charge on any atom is -0.361 e. The predicted octanol–water partition coefficient (Wildman–Crippen LogP) is 1.54. The molecule has 2 aromatic heterocycles. The number of hydrogen-bond acceptors (Lipinski definition) is 5. The Kier molecular flexibility index (Phi) is 3.72. The average Bonchev–Trinajstić information content (AvgIpc) is 2.91. The van der Waals surface area contributed by atoms with E-state index in [4.69, 9.17) is 4.52 Å². The molecule has 2 aromatic rings. The third-order valence-electron chi connectivity index (χ3n) is 3.85. The summed E-state index contributed by atoms with van der Waals surface area (Å²) in [6.07, 6.45) is 4.47. The highest BCUT2D eigenvalue weighted by atomic mass is 16.5. The van der Waals surface area contributed by atoms with Crippen molar-refractivity contribution in [2.45, 2.75) is 52.6 Å². The van der Waals surface area contributed by atoms with Crippen LogP contribution in [0, 0.1) is 13.8 Å². The van der Waals surface area contributed by atoms with Crippen LogP contribution in [0.25, 0.3) is 0 Å². The van der Waals surface area contributed by atoms with Crippen molar-refractivity contribution in [2.24, 2.45) is 0 Å². The lowest BCUT2D eigenvalue weighted by molar-refractivity contribution is 0.0947. The molecule has 1 aliphatic heterocycles. The number of aromatic nitrogens is 4. The van der Waals surface area contributed by atoms with Gasteiger partial charge >= 0.3 is 0 Å². The maximum Gasteiger partial charge on any atom is 0.257 e. The molecule has 0 saturated heterocycles. The lowest BCUT2D eigenvalue weighted by atomic mass is 10.2. The third-order valence-corrected chi connectivity index (χ3v) is 3.85. The normalized spacial score (nSPS) is 14.6. The number of nitrogens with zero attached hydrogens (tertiary/aromatic N) is 4. The second kappa shape index (κ2) is 5.67. The first-order chi connectivity index (χ1) is 10.2. The van der Waals surface area contributed by atoms with Crippen LogP contribution >= 0.6 is 0 Å². The van der Waals surface area contributed by atoms with Gasteiger partial charge in [0.05, 0.1) is 12.2 Å². The molecule has 0 unspecified atom stereocenters. The molecule has 1 N–H and O–H groups in total. The van der Waals surface area contributed by atoms with E-state index in [1.54, 1.807) is 13.8 Å². The minimum absolute atomic E-state index is 0.183. The summed E-state index contributed by atoms with van der Waals surface area (Å²) < 4.78 is 7.14. The maximum absolute atomic E-state index is 12.2. The number of fused-ring (bicyclic) bond motifs is 1. The number of nitrogens with one attached hydrogen (secondary N) is 1. The Morgan fingerprint density at radius 2 is 2.14 bits per heavy atom. The zero-order chi connectivity index (χ0) is 14.8. The lowest BCUT2D eigenvalue weighted by Crippen LogP contribution is -2.25. The Hall–Kier alpha value is -2.18. The van der Waals surface area contributed by atoms with Crippen LogP contribution in [-0.4, -0.2) is 25.8 Å². The number of amides is 1. The fourth-order valence-corrected chi connectivity index (χ4v) is 2.73. The molecular formula is C14H19N5O2. The molecule has 0 bridgehead atoms. The highest BCUT2D eigenvalue weighted by Crippen LogP contribution is 2.15. The molecule has 0 aromatic carbocycles. The highest BCUT2D eigenvalue weighted by Gasteiger charge is 2.19. The van der Waals surface area contributed by atoms with Crippen LogP contribution < -0.4 is 5.32 Å². The zero-order valence-electron chi connectivity index (χ0n) is 12.3. The molecule has 0 saturated carbocycles. The molecule has 3 heterocycles. The Bertz CT molecular complexity index is 639. The van der Waals surface area contributed by atoms with Gasteiger partial charge in [0.2, 0.25) is 0 Å². The maximum atomic E-state index is 12.2. The monoisotopic (exact) mass is 289 g/mol. The van der Waals surface area contributed by atoms with Crippen molar-refractivity contribution >= 4 is 5.91 Å². The molecule has 3 rings (SSSR count). The summed E-state index contributed by atoms with van der Waals surface area (Å²) in [5, 5.41) is 15.1. The summed E-state index contributed by atoms with van der Waals surface area (Å²) >= 11 is 0. The van der Waals surface area contributed by atoms with E-state index in [0.29, 0.717) is 23.6 Å². The Balaban J connectivity index is 1.71. The predicted molar refractivity (Wildman–Crippen MR) is 74.7 cm³/mol. The quantitative estimate of drug-likeness (QED) is 0.926. The van der Waals surface area contributed by atoms with Gasteiger partial charge in [-0.1, -0.05) is 11.6 Å². The first kappa shape index (κ1) is 13.8. The SMILES string of the molecule is Cc1noc(C)c1C(=O)NCc1nnc2n1CCCCC2. The van der Waals surface area contributed by atoms with Crippen molar-refractivity contribution < 1.29 is 9.32 Å². The minimum atomic E-state index is -0.183. The Morgan fingerprint density at radius 1 is 1.29 bits per heavy atom. The summed E-state index contributed by atoms with van der Waals surface area (Å²) in [5.74, 6) is 2.18. The van der Waals surface area contributed by atoms with Gasteiger partial charge in [0.25, 0.3) is 5.91 Å². The van der Waals surface area contributed by atoms with Crippen LogP contribution in [0.3, 0.4) is 0 Å². The number of hydrogen-bond donors (Lipinski definition) is 1. The van der Waals surface area contributed by atoms with Gasteiger partial charge in [0.15, 0.2) is 5.82 Å². The largest absolute Gasteiger partial charge is 0.361 e. The van der Waals surface area contributed by atoms with Gasteiger partial charge in [-0.15, -0.1) is 10.2 Å². The number of rotatable bonds is 3. The van der Waals surface area contributed by atoms with Crippen molar-refractivity contribution in [3.63, 3.8) is 0 Å². The standard InChI is InChI=1S/C14H19N5O2/c1-9-13(10(2)21-18-9)14(20)15-8-12-17-16-11-6-4-3-5-7-19(11)12/h3-8H2,1-2H3,(H,15,20). The van der Waals surface area contributed by atoms with Crippen LogP contribution in [0.2, 0.25) is 0 Å². The fourth-order valence-electron chi connectivity index (χ4n) is 2.73. The molecule has 7 heteroatoms. The van der Waals surface area contributed by atoms with Gasteiger partial charge in [-0.3, -0.25) is 4.79 Å². The summed E-state index contributed by atoms with van der Waals surface area (Å²) in [7, 11) is 0. The Morgan fingerprint density at radius 3 is 2.90 bits per heavy atom. The van der Waals surface area contributed by atoms with Crippen LogP contribution in [0.15, 0.2) is 4.52 Å². The third kappa shape index (κ3) is 2.68. The highest BCUT2D eigenvalue weighted by molar-refractivity contribution is 5.95. The molecule has 21 heavy (non-hydrogen) atoms. The van der Waals surface area contributed by atoms with E-state index in [-0.39, 0.29) is 5.91 Å². The topological polar surface area (TPSA) is 85.8 Å². The van der Waals surface area contributed by atoms with Crippen molar-refractivity contribution in [3.05, 3.63) is 28.7 Å². The molecule has 7 nitrogen and oxygen atoms in total. The number of carbonyl (C=O) groups is 1. The second-order valence-corrected chi connectivity index (χ2v) is 5.38. The van der Waals surface area contributed by atoms with Crippen molar-refractivity contribution in [2.75, 3.05) is 0 Å². The molecule has 1 aliphatic rings. The van der Waals surface area contributed by atoms with E-state index < -0.39 is 0 Å². The van der Waals surface area contributed by atoms with E-state index in [2.05, 4.69) is 25.2 Å². The van der Waals surface area contributed by atoms with E-state index in [1.165, 1.54) is 6.42 Å². The molecule has 0 atom stereocenters. The fraction of sp³-hybridized carbons (Fsp3) is 0.571. The van der Waals surface area contributed by atoms with E-state index >= 15 is 0 Å². The van der Waals surface area contributed by atoms with Crippen molar-refractivity contribution in [1.82, 2.24) is 25.2 Å². The molecule has 0 aliphatic carbocycles. The lowest BCUT2D eigenvalue weighted by Gasteiger charge is -2.08. The first-order valence-corrected chi connectivity index (χ1v) is 7.29. The van der Waals surface area contributed by atoms with Crippen molar-refractivity contribution in [3.8, 4) is 0 Å². The van der Waals surface area contributed by atoms with Gasteiger partial charge < -0.3 is 14.4 Å². The van der Waals surface area contributed by atoms with Gasteiger partial charge in [0, 0.05) is 13.0 Å². The molecule has 0 fully saturated rings. The Labute approximate surface area is 122 Å². The molecule has 0 spiro atoms. The van der Waals surface area contributed by atoms with E-state index in [1.807, 2.05) is 0 Å². The number of aryl methyl sites for hydroxylation is 3. The number of carbonyl (C=O) groups excluding carboxylic acids is 1. The van der Waals surface area contributed by atoms with Gasteiger partial charge in [0.1, 0.15) is 17.1 Å². The van der Waals surface area contributed by atoms with E-state index in [0.717, 1.165) is 37.5 Å².